The molecule has 0 atom stereocenters. The zero-order valence-corrected chi connectivity index (χ0v) is 11.0. The molecule has 0 aliphatic carbocycles. The second-order valence-electron chi connectivity index (χ2n) is 3.75. The Kier molecular flexibility index (Phi) is 5.64. The quantitative estimate of drug-likeness (QED) is 0.355. The lowest BCUT2D eigenvalue weighted by Gasteiger charge is -2.06. The van der Waals surface area contributed by atoms with Gasteiger partial charge in [0.05, 0.1) is 4.90 Å². The summed E-state index contributed by atoms with van der Waals surface area (Å²) in [5.74, 6) is 0. The van der Waals surface area contributed by atoms with Crippen LogP contribution in [0.4, 0.5) is 0 Å². The highest BCUT2D eigenvalue weighted by atomic mass is 32.2. The van der Waals surface area contributed by atoms with Crippen LogP contribution in [0.2, 0.25) is 0 Å². The van der Waals surface area contributed by atoms with Crippen molar-refractivity contribution in [3.05, 3.63) is 40.3 Å². The molecule has 1 aromatic carbocycles. The molecular formula is C11H16N4O2S. The molecule has 0 fully saturated rings. The number of azide groups is 1. The Morgan fingerprint density at radius 1 is 1.33 bits per heavy atom. The van der Waals surface area contributed by atoms with Gasteiger partial charge in [0.15, 0.2) is 0 Å². The summed E-state index contributed by atoms with van der Waals surface area (Å²) >= 11 is 0. The van der Waals surface area contributed by atoms with E-state index in [1.807, 2.05) is 12.1 Å². The summed E-state index contributed by atoms with van der Waals surface area (Å²) in [5, 5.41) is 3.26. The summed E-state index contributed by atoms with van der Waals surface area (Å²) in [7, 11) is -3.51. The molecule has 0 aromatic heterocycles. The molecule has 0 bridgehead atoms. The van der Waals surface area contributed by atoms with Gasteiger partial charge in [0, 0.05) is 18.0 Å². The van der Waals surface area contributed by atoms with Crippen molar-refractivity contribution in [3.8, 4) is 0 Å². The van der Waals surface area contributed by atoms with Gasteiger partial charge in [0.25, 0.3) is 0 Å². The molecule has 6 nitrogen and oxygen atoms in total. The summed E-state index contributed by atoms with van der Waals surface area (Å²) in [4.78, 5) is 2.78. The molecule has 0 radical (unpaired) electrons. The van der Waals surface area contributed by atoms with Crippen LogP contribution in [0.3, 0.4) is 0 Å². The average molecular weight is 268 g/mol. The number of benzene rings is 1. The number of hydrogen-bond donors (Lipinski definition) is 1. The van der Waals surface area contributed by atoms with Gasteiger partial charge in [-0.3, -0.25) is 0 Å². The Morgan fingerprint density at radius 2 is 2.00 bits per heavy atom. The van der Waals surface area contributed by atoms with E-state index in [9.17, 15) is 8.42 Å². The molecule has 0 amide bonds. The minimum Gasteiger partial charge on any atom is -0.211 e. The molecule has 1 rings (SSSR count). The smallest absolute Gasteiger partial charge is 0.211 e. The van der Waals surface area contributed by atoms with Crippen molar-refractivity contribution >= 4 is 10.0 Å². The Bertz CT molecular complexity index is 518. The lowest BCUT2D eigenvalue weighted by atomic mass is 10.1. The largest absolute Gasteiger partial charge is 0.240 e. The maximum absolute atomic E-state index is 11.8. The van der Waals surface area contributed by atoms with Crippen LogP contribution in [0.15, 0.2) is 34.3 Å². The van der Waals surface area contributed by atoms with Gasteiger partial charge >= 0.3 is 0 Å². The summed E-state index contributed by atoms with van der Waals surface area (Å²) in [6.07, 6.45) is 1.96. The van der Waals surface area contributed by atoms with Gasteiger partial charge in [0.1, 0.15) is 0 Å². The number of aryl methyl sites for hydroxylation is 1. The number of rotatable bonds is 7. The fourth-order valence-corrected chi connectivity index (χ4v) is 2.50. The molecule has 0 spiro atoms. The van der Waals surface area contributed by atoms with Crippen LogP contribution in [-0.4, -0.2) is 21.5 Å². The van der Waals surface area contributed by atoms with Gasteiger partial charge in [-0.2, -0.15) is 0 Å². The third-order valence-corrected chi connectivity index (χ3v) is 3.82. The van der Waals surface area contributed by atoms with E-state index in [4.69, 9.17) is 5.53 Å². The summed E-state index contributed by atoms with van der Waals surface area (Å²) in [6, 6.07) is 6.79. The lowest BCUT2D eigenvalue weighted by Crippen LogP contribution is -2.26. The predicted octanol–water partition coefficient (Wildman–Crippen LogP) is 2.23. The van der Waals surface area contributed by atoms with E-state index in [0.717, 1.165) is 18.4 Å². The van der Waals surface area contributed by atoms with Crippen LogP contribution in [0.5, 0.6) is 0 Å². The maximum Gasteiger partial charge on any atom is 0.240 e. The van der Waals surface area contributed by atoms with E-state index in [-0.39, 0.29) is 18.0 Å². The van der Waals surface area contributed by atoms with Gasteiger partial charge in [-0.25, -0.2) is 13.1 Å². The predicted molar refractivity (Wildman–Crippen MR) is 69.6 cm³/mol. The van der Waals surface area contributed by atoms with Crippen LogP contribution in [-0.2, 0) is 16.4 Å². The van der Waals surface area contributed by atoms with Gasteiger partial charge in [0.2, 0.25) is 10.0 Å². The Balaban J connectivity index is 2.69. The number of hydrogen-bond acceptors (Lipinski definition) is 3. The second kappa shape index (κ2) is 7.00. The van der Waals surface area contributed by atoms with Crippen molar-refractivity contribution in [1.82, 2.24) is 4.72 Å². The topological polar surface area (TPSA) is 94.9 Å². The van der Waals surface area contributed by atoms with Crippen molar-refractivity contribution in [2.75, 3.05) is 13.1 Å². The highest BCUT2D eigenvalue weighted by Crippen LogP contribution is 2.11. The van der Waals surface area contributed by atoms with E-state index in [2.05, 4.69) is 21.7 Å². The fourth-order valence-electron chi connectivity index (χ4n) is 1.48. The van der Waals surface area contributed by atoms with Crippen molar-refractivity contribution in [2.24, 2.45) is 5.11 Å². The van der Waals surface area contributed by atoms with Crippen molar-refractivity contribution in [1.29, 1.82) is 0 Å². The van der Waals surface area contributed by atoms with E-state index in [1.54, 1.807) is 12.1 Å². The third kappa shape index (κ3) is 4.37. The van der Waals surface area contributed by atoms with Crippen LogP contribution in [0.25, 0.3) is 10.4 Å². The number of nitrogens with zero attached hydrogens (tertiary/aromatic N) is 3. The highest BCUT2D eigenvalue weighted by Gasteiger charge is 2.12. The number of sulfonamides is 1. The van der Waals surface area contributed by atoms with Crippen molar-refractivity contribution in [3.63, 3.8) is 0 Å². The molecule has 1 N–H and O–H groups in total. The van der Waals surface area contributed by atoms with Gasteiger partial charge in [-0.05, 0) is 29.6 Å². The van der Waals surface area contributed by atoms with Crippen LogP contribution in [0, 0.1) is 0 Å². The Hall–Kier alpha value is -1.56. The minimum absolute atomic E-state index is 0.100. The van der Waals surface area contributed by atoms with E-state index >= 15 is 0 Å². The number of nitrogens with one attached hydrogen (secondary N) is 1. The molecular weight excluding hydrogens is 252 g/mol. The van der Waals surface area contributed by atoms with E-state index in [1.165, 1.54) is 0 Å². The molecule has 98 valence electrons. The lowest BCUT2D eigenvalue weighted by molar-refractivity contribution is 0.582. The van der Waals surface area contributed by atoms with Crippen molar-refractivity contribution < 1.29 is 8.42 Å². The highest BCUT2D eigenvalue weighted by molar-refractivity contribution is 7.89. The zero-order valence-electron chi connectivity index (χ0n) is 10.2. The van der Waals surface area contributed by atoms with Crippen LogP contribution < -0.4 is 4.72 Å². The first-order valence-electron chi connectivity index (χ1n) is 5.69. The Morgan fingerprint density at radius 3 is 2.56 bits per heavy atom. The Labute approximate surface area is 107 Å². The zero-order chi connectivity index (χ0) is 13.4. The molecule has 0 unspecified atom stereocenters. The van der Waals surface area contributed by atoms with Crippen LogP contribution >= 0.6 is 0 Å². The third-order valence-electron chi connectivity index (χ3n) is 2.34. The molecule has 0 aliphatic heterocycles. The molecule has 7 heteroatoms. The molecule has 0 heterocycles. The van der Waals surface area contributed by atoms with Crippen molar-refractivity contribution in [2.45, 2.75) is 24.7 Å². The fraction of sp³-hybridized carbons (Fsp3) is 0.455. The minimum atomic E-state index is -3.51. The van der Waals surface area contributed by atoms with Gasteiger partial charge < -0.3 is 0 Å². The summed E-state index contributed by atoms with van der Waals surface area (Å²) < 4.78 is 26.0. The molecule has 18 heavy (non-hydrogen) atoms. The first kappa shape index (κ1) is 14.5. The molecule has 1 aromatic rings. The maximum atomic E-state index is 11.8. The summed E-state index contributed by atoms with van der Waals surface area (Å²) in [5.41, 5.74) is 9.19. The van der Waals surface area contributed by atoms with Gasteiger partial charge in [-0.15, -0.1) is 0 Å². The molecule has 0 saturated carbocycles. The first-order valence-corrected chi connectivity index (χ1v) is 7.18. The summed E-state index contributed by atoms with van der Waals surface area (Å²) in [6.45, 7) is 2.27. The van der Waals surface area contributed by atoms with Crippen LogP contribution in [0.1, 0.15) is 18.9 Å². The molecule has 0 aliphatic rings. The average Bonchev–Trinajstić information content (AvgIpc) is 2.36. The standard InChI is InChI=1S/C11H16N4O2S/c1-2-3-10-4-6-11(7-5-10)18(16,17)14-9-8-13-15-12/h4-7,14H,2-3,8-9H2,1H3. The second-order valence-corrected chi connectivity index (χ2v) is 5.51. The monoisotopic (exact) mass is 268 g/mol. The molecule has 0 saturated heterocycles. The van der Waals surface area contributed by atoms with E-state index in [0.29, 0.717) is 0 Å². The van der Waals surface area contributed by atoms with Gasteiger partial charge in [-0.1, -0.05) is 30.6 Å². The normalized spacial score (nSPS) is 10.9. The SMILES string of the molecule is CCCc1ccc(S(=O)(=O)NCCN=[N+]=[N-])cc1. The van der Waals surface area contributed by atoms with E-state index < -0.39 is 10.0 Å². The first-order chi connectivity index (χ1) is 8.60.